The molecule has 0 fully saturated rings. The van der Waals surface area contributed by atoms with E-state index in [0.717, 1.165) is 0 Å². The molecule has 0 aliphatic rings. The Bertz CT molecular complexity index is 615. The summed E-state index contributed by atoms with van der Waals surface area (Å²) < 4.78 is 0. The maximum Gasteiger partial charge on any atom is -0.0149 e. The first-order valence-corrected chi connectivity index (χ1v) is 5.99. The molecule has 0 aliphatic heterocycles. The molecule has 0 bridgehead atoms. The average Bonchev–Trinajstić information content (AvgIpc) is 2.39. The first-order chi connectivity index (χ1) is 8.20. The Morgan fingerprint density at radius 1 is 0.647 bits per heavy atom. The largest absolute Gasteiger partial charge is 0.0686 e. The van der Waals surface area contributed by atoms with Crippen molar-refractivity contribution in [3.05, 3.63) is 70.6 Å². The molecule has 2 rings (SSSR count). The van der Waals surface area contributed by atoms with Crippen molar-refractivity contribution >= 4 is 11.1 Å². The molecule has 0 radical (unpaired) electrons. The van der Waals surface area contributed by atoms with E-state index in [0.29, 0.717) is 0 Å². The molecule has 0 atom stereocenters. The summed E-state index contributed by atoms with van der Waals surface area (Å²) in [6, 6.07) is 19.2. The Labute approximate surface area is 103 Å². The van der Waals surface area contributed by atoms with Gasteiger partial charge in [-0.05, 0) is 42.3 Å². The molecular weight excluding hydrogens is 204 g/mol. The van der Waals surface area contributed by atoms with Crippen LogP contribution in [0.1, 0.15) is 26.3 Å². The van der Waals surface area contributed by atoms with E-state index in [4.69, 9.17) is 0 Å². The van der Waals surface area contributed by atoms with Gasteiger partial charge < -0.3 is 0 Å². The quantitative estimate of drug-likeness (QED) is 0.695. The molecule has 0 heteroatoms. The fourth-order valence-corrected chi connectivity index (χ4v) is 2.09. The van der Waals surface area contributed by atoms with Crippen molar-refractivity contribution in [1.29, 1.82) is 0 Å². The third-order valence-electron chi connectivity index (χ3n) is 3.08. The van der Waals surface area contributed by atoms with E-state index in [9.17, 15) is 0 Å². The lowest BCUT2D eigenvalue weighted by molar-refractivity contribution is 1.39. The van der Waals surface area contributed by atoms with Crippen LogP contribution in [0.5, 0.6) is 0 Å². The van der Waals surface area contributed by atoms with Crippen molar-refractivity contribution in [2.24, 2.45) is 0 Å². The van der Waals surface area contributed by atoms with Crippen LogP contribution in [0.2, 0.25) is 0 Å². The molecule has 0 unspecified atom stereocenters. The normalized spacial score (nSPS) is 12.2. The molecule has 2 aromatic rings. The summed E-state index contributed by atoms with van der Waals surface area (Å²) in [5, 5.41) is 2.67. The maximum absolute atomic E-state index is 2.20. The van der Waals surface area contributed by atoms with E-state index < -0.39 is 0 Å². The highest BCUT2D eigenvalue weighted by Crippen LogP contribution is 2.08. The van der Waals surface area contributed by atoms with Gasteiger partial charge in [0.05, 0.1) is 0 Å². The number of benzene rings is 2. The van der Waals surface area contributed by atoms with E-state index >= 15 is 0 Å². The summed E-state index contributed by atoms with van der Waals surface area (Å²) in [5.74, 6) is 0. The fourth-order valence-electron chi connectivity index (χ4n) is 2.09. The van der Waals surface area contributed by atoms with E-state index in [1.165, 1.54) is 27.1 Å². The van der Waals surface area contributed by atoms with Gasteiger partial charge in [-0.2, -0.15) is 0 Å². The fraction of sp³-hybridized carbons (Fsp3) is 0.176. The van der Waals surface area contributed by atoms with E-state index in [2.05, 4.69) is 75.4 Å². The van der Waals surface area contributed by atoms with E-state index in [-0.39, 0.29) is 0 Å². The molecule has 0 saturated heterocycles. The number of hydrogen-bond acceptors (Lipinski definition) is 0. The minimum atomic E-state index is 1.29. The summed E-state index contributed by atoms with van der Waals surface area (Å²) in [5.41, 5.74) is 3.99. The van der Waals surface area contributed by atoms with Crippen LogP contribution in [0.25, 0.3) is 11.1 Å². The predicted octanol–water partition coefficient (Wildman–Crippen LogP) is 3.10. The van der Waals surface area contributed by atoms with Crippen molar-refractivity contribution in [3.63, 3.8) is 0 Å². The van der Waals surface area contributed by atoms with Crippen LogP contribution in [0.15, 0.2) is 54.6 Å². The zero-order valence-corrected chi connectivity index (χ0v) is 10.7. The second-order valence-corrected chi connectivity index (χ2v) is 4.54. The van der Waals surface area contributed by atoms with Crippen molar-refractivity contribution in [2.45, 2.75) is 20.8 Å². The lowest BCUT2D eigenvalue weighted by Crippen LogP contribution is -2.27. The molecule has 17 heavy (non-hydrogen) atoms. The molecule has 0 aromatic heterocycles. The van der Waals surface area contributed by atoms with Crippen molar-refractivity contribution < 1.29 is 0 Å². The van der Waals surface area contributed by atoms with Gasteiger partial charge in [-0.15, -0.1) is 0 Å². The first-order valence-electron chi connectivity index (χ1n) is 5.99. The third-order valence-corrected chi connectivity index (χ3v) is 3.08. The Hall–Kier alpha value is -1.82. The van der Waals surface area contributed by atoms with Gasteiger partial charge in [0.25, 0.3) is 0 Å². The summed E-state index contributed by atoms with van der Waals surface area (Å²) in [7, 11) is 0. The van der Waals surface area contributed by atoms with Crippen LogP contribution in [0.3, 0.4) is 0 Å². The van der Waals surface area contributed by atoms with Crippen LogP contribution < -0.4 is 10.4 Å². The SMILES string of the molecule is CC(C)=c1cccc/c1=C(/C)c1ccccc1. The molecule has 0 saturated carbocycles. The second kappa shape index (κ2) is 5.01. The third kappa shape index (κ3) is 2.47. The topological polar surface area (TPSA) is 0 Å². The van der Waals surface area contributed by atoms with Crippen LogP contribution in [0.4, 0.5) is 0 Å². The highest BCUT2D eigenvalue weighted by atomic mass is 14.0. The van der Waals surface area contributed by atoms with Crippen molar-refractivity contribution in [2.75, 3.05) is 0 Å². The lowest BCUT2D eigenvalue weighted by Gasteiger charge is -2.03. The highest BCUT2D eigenvalue weighted by molar-refractivity contribution is 5.64. The zero-order chi connectivity index (χ0) is 12.3. The summed E-state index contributed by atoms with van der Waals surface area (Å²) in [6.45, 7) is 6.52. The standard InChI is InChI=1S/C17H18/c1-13(2)16-11-7-8-12-17(16)14(3)15-9-5-4-6-10-15/h4-12H,1-3H3/b17-14+. The van der Waals surface area contributed by atoms with E-state index in [1.54, 1.807) is 0 Å². The van der Waals surface area contributed by atoms with Gasteiger partial charge in [-0.3, -0.25) is 0 Å². The molecule has 0 spiro atoms. The Kier molecular flexibility index (Phi) is 3.43. The van der Waals surface area contributed by atoms with Gasteiger partial charge in [-0.25, -0.2) is 0 Å². The number of hydrogen-bond donors (Lipinski definition) is 0. The zero-order valence-electron chi connectivity index (χ0n) is 10.7. The molecule has 86 valence electrons. The molecule has 0 amide bonds. The molecule has 0 N–H and O–H groups in total. The first kappa shape index (κ1) is 11.7. The Morgan fingerprint density at radius 2 is 1.18 bits per heavy atom. The minimum Gasteiger partial charge on any atom is -0.0686 e. The van der Waals surface area contributed by atoms with Gasteiger partial charge in [0.1, 0.15) is 0 Å². The van der Waals surface area contributed by atoms with Crippen LogP contribution >= 0.6 is 0 Å². The summed E-state index contributed by atoms with van der Waals surface area (Å²) in [4.78, 5) is 0. The highest BCUT2D eigenvalue weighted by Gasteiger charge is 1.97. The average molecular weight is 222 g/mol. The van der Waals surface area contributed by atoms with Crippen LogP contribution in [-0.4, -0.2) is 0 Å². The maximum atomic E-state index is 2.20. The smallest absolute Gasteiger partial charge is 0.0149 e. The Balaban J connectivity index is 2.81. The number of rotatable bonds is 1. The van der Waals surface area contributed by atoms with Gasteiger partial charge in [0.2, 0.25) is 0 Å². The monoisotopic (exact) mass is 222 g/mol. The minimum absolute atomic E-state index is 1.29. The molecule has 0 heterocycles. The second-order valence-electron chi connectivity index (χ2n) is 4.54. The van der Waals surface area contributed by atoms with E-state index in [1.807, 2.05) is 0 Å². The van der Waals surface area contributed by atoms with Crippen LogP contribution in [0, 0.1) is 0 Å². The molecule has 2 aromatic carbocycles. The predicted molar refractivity (Wildman–Crippen MR) is 75.1 cm³/mol. The van der Waals surface area contributed by atoms with Crippen molar-refractivity contribution in [3.8, 4) is 0 Å². The van der Waals surface area contributed by atoms with Gasteiger partial charge in [0, 0.05) is 0 Å². The van der Waals surface area contributed by atoms with Crippen LogP contribution in [-0.2, 0) is 0 Å². The Morgan fingerprint density at radius 3 is 1.76 bits per heavy atom. The van der Waals surface area contributed by atoms with Gasteiger partial charge in [0.15, 0.2) is 0 Å². The summed E-state index contributed by atoms with van der Waals surface area (Å²) >= 11 is 0. The lowest BCUT2D eigenvalue weighted by atomic mass is 10.0. The van der Waals surface area contributed by atoms with Gasteiger partial charge in [-0.1, -0.05) is 60.2 Å². The van der Waals surface area contributed by atoms with Crippen molar-refractivity contribution in [1.82, 2.24) is 0 Å². The van der Waals surface area contributed by atoms with Gasteiger partial charge >= 0.3 is 0 Å². The molecular formula is C17H18. The molecule has 0 aliphatic carbocycles. The molecule has 0 nitrogen and oxygen atoms in total. The summed E-state index contributed by atoms with van der Waals surface area (Å²) in [6.07, 6.45) is 0.